The fraction of sp³-hybridized carbons (Fsp3) is 0.125. The number of aromatic nitrogens is 2. The molecule has 2 heterocycles. The average Bonchev–Trinajstić information content (AvgIpc) is 3.01. The van der Waals surface area contributed by atoms with E-state index in [0.29, 0.717) is 16.8 Å². The Balaban J connectivity index is 0.000000287. The fourth-order valence-electron chi connectivity index (χ4n) is 3.31. The maximum Gasteiger partial charge on any atom is 0.126 e. The van der Waals surface area contributed by atoms with Crippen molar-refractivity contribution in [1.82, 2.24) is 9.97 Å². The molecule has 5 rings (SSSR count). The second-order valence-corrected chi connectivity index (χ2v) is 7.48. The Morgan fingerprint density at radius 3 is 2.14 bits per heavy atom. The maximum atomic E-state index is 14.5. The Morgan fingerprint density at radius 2 is 1.53 bits per heavy atom. The third-order valence-electron chi connectivity index (χ3n) is 5.06. The summed E-state index contributed by atoms with van der Waals surface area (Å²) < 4.78 is 90.1. The summed E-state index contributed by atoms with van der Waals surface area (Å²) in [5.74, 6) is -4.16. The van der Waals surface area contributed by atoms with Crippen LogP contribution >= 0.6 is 0 Å². The van der Waals surface area contributed by atoms with E-state index in [9.17, 15) is 4.39 Å². The standard InChI is InChI=1S/C20H17FN.C12H10N.Ir/c1-14(2)18-12-16(8-9-19(18)21)17-10-11-22-20(13-17)15-6-4-3-5-7-15;1-10-7-8-12(13-9-10)11-5-3-2-4-6-11;/h3-6,8-14H,1-2H3;2-5,7-9H,1H3;/q2*-1;/i1D3,2D3,14D;1D3;. The molecule has 0 unspecified atom stereocenters. The fourth-order valence-corrected chi connectivity index (χ4v) is 3.31. The molecule has 5 aromatic rings. The first-order valence-electron chi connectivity index (χ1n) is 15.7. The molecule has 2 aromatic heterocycles. The van der Waals surface area contributed by atoms with E-state index in [1.807, 2.05) is 36.4 Å². The minimum Gasteiger partial charge on any atom is -0.305 e. The van der Waals surface area contributed by atoms with Gasteiger partial charge in [0.05, 0.1) is 0 Å². The summed E-state index contributed by atoms with van der Waals surface area (Å²) in [6, 6.07) is 30.9. The molecule has 0 spiro atoms. The van der Waals surface area contributed by atoms with Gasteiger partial charge in [0.25, 0.3) is 0 Å². The maximum absolute atomic E-state index is 14.5. The molecule has 0 fully saturated rings. The topological polar surface area (TPSA) is 25.8 Å². The minimum atomic E-state index is -3.26. The smallest absolute Gasteiger partial charge is 0.126 e. The average molecular weight is 661 g/mol. The van der Waals surface area contributed by atoms with Crippen molar-refractivity contribution in [3.8, 4) is 33.6 Å². The van der Waals surface area contributed by atoms with Crippen LogP contribution in [0.1, 0.15) is 44.4 Å². The van der Waals surface area contributed by atoms with Gasteiger partial charge in [-0.3, -0.25) is 0 Å². The van der Waals surface area contributed by atoms with Gasteiger partial charge < -0.3 is 9.97 Å². The first-order valence-corrected chi connectivity index (χ1v) is 10.7. The molecule has 1 radical (unpaired) electrons. The zero-order chi connectivity index (χ0) is 33.0. The van der Waals surface area contributed by atoms with E-state index in [4.69, 9.17) is 13.7 Å². The Hall–Kier alpha value is -3.46. The molecule has 0 aliphatic carbocycles. The predicted octanol–water partition coefficient (Wildman–Crippen LogP) is 8.33. The Bertz CT molecular complexity index is 1710. The monoisotopic (exact) mass is 661 g/mol. The van der Waals surface area contributed by atoms with Crippen molar-refractivity contribution in [2.75, 3.05) is 0 Å². The van der Waals surface area contributed by atoms with E-state index in [-0.39, 0.29) is 25.7 Å². The predicted molar refractivity (Wildman–Crippen MR) is 141 cm³/mol. The largest absolute Gasteiger partial charge is 0.305 e. The number of hydrogen-bond donors (Lipinski definition) is 0. The Labute approximate surface area is 240 Å². The SMILES string of the molecule is [2H]C([2H])([2H])C([2H])(c1cc(-c2ccnc(-c3[c-]cccc3)c2)ccc1F)C([2H])([2H])[2H].[2H]C([2H])([2H])c1ccc(-c2[c-]cccc2)nc1.[Ir]. The number of nitrogens with zero attached hydrogens (tertiary/aromatic N) is 2. The molecule has 4 heteroatoms. The summed E-state index contributed by atoms with van der Waals surface area (Å²) in [5.41, 5.74) is 3.44. The molecule has 36 heavy (non-hydrogen) atoms. The van der Waals surface area contributed by atoms with Gasteiger partial charge in [0.2, 0.25) is 0 Å². The van der Waals surface area contributed by atoms with Crippen LogP contribution in [0.5, 0.6) is 0 Å². The van der Waals surface area contributed by atoms with Crippen LogP contribution in [0.4, 0.5) is 4.39 Å². The first-order chi connectivity index (χ1) is 21.0. The molecule has 2 nitrogen and oxygen atoms in total. The van der Waals surface area contributed by atoms with Crippen molar-refractivity contribution in [2.24, 2.45) is 0 Å². The molecule has 183 valence electrons. The van der Waals surface area contributed by atoms with Crippen LogP contribution in [0.15, 0.2) is 103 Å². The van der Waals surface area contributed by atoms with Crippen molar-refractivity contribution in [1.29, 1.82) is 0 Å². The molecule has 0 amide bonds. The van der Waals surface area contributed by atoms with Gasteiger partial charge in [0.15, 0.2) is 0 Å². The zero-order valence-electron chi connectivity index (χ0n) is 28.9. The van der Waals surface area contributed by atoms with Crippen LogP contribution in [0.3, 0.4) is 0 Å². The van der Waals surface area contributed by atoms with E-state index in [0.717, 1.165) is 29.0 Å². The molecule has 0 atom stereocenters. The quantitative estimate of drug-likeness (QED) is 0.181. The third kappa shape index (κ3) is 7.04. The number of halogens is 1. The van der Waals surface area contributed by atoms with Crippen molar-refractivity contribution in [3.05, 3.63) is 132 Å². The van der Waals surface area contributed by atoms with Crippen LogP contribution in [-0.2, 0) is 20.1 Å². The van der Waals surface area contributed by atoms with Crippen LogP contribution in [0, 0.1) is 24.8 Å². The van der Waals surface area contributed by atoms with Gasteiger partial charge in [-0.15, -0.1) is 71.8 Å². The van der Waals surface area contributed by atoms with Crippen LogP contribution in [-0.4, -0.2) is 9.97 Å². The molecule has 0 saturated carbocycles. The summed E-state index contributed by atoms with van der Waals surface area (Å²) in [6.07, 6.45) is 2.93. The summed E-state index contributed by atoms with van der Waals surface area (Å²) in [7, 11) is 0. The second kappa shape index (κ2) is 13.0. The molecule has 0 aliphatic heterocycles. The number of hydrogen-bond acceptors (Lipinski definition) is 2. The first kappa shape index (κ1) is 16.3. The molecular weight excluding hydrogens is 624 g/mol. The molecule has 0 N–H and O–H groups in total. The van der Waals surface area contributed by atoms with E-state index in [1.165, 1.54) is 18.5 Å². The van der Waals surface area contributed by atoms with Gasteiger partial charge in [-0.2, -0.15) is 0 Å². The number of rotatable bonds is 4. The minimum absolute atomic E-state index is 0. The van der Waals surface area contributed by atoms with E-state index in [1.54, 1.807) is 36.4 Å². The summed E-state index contributed by atoms with van der Waals surface area (Å²) in [4.78, 5) is 8.40. The molecule has 0 bridgehead atoms. The Kier molecular flexibility index (Phi) is 5.90. The second-order valence-electron chi connectivity index (χ2n) is 7.48. The van der Waals surface area contributed by atoms with Crippen molar-refractivity contribution in [2.45, 2.75) is 26.4 Å². The molecule has 0 saturated heterocycles. The molecule has 3 aromatic carbocycles. The number of pyridine rings is 2. The van der Waals surface area contributed by atoms with Crippen molar-refractivity contribution in [3.63, 3.8) is 0 Å². The normalized spacial score (nSPS) is 15.7. The van der Waals surface area contributed by atoms with Gasteiger partial charge in [0.1, 0.15) is 5.82 Å². The van der Waals surface area contributed by atoms with Crippen LogP contribution in [0.25, 0.3) is 33.6 Å². The summed E-state index contributed by atoms with van der Waals surface area (Å²) in [6.45, 7) is -8.62. The van der Waals surface area contributed by atoms with Crippen LogP contribution in [0.2, 0.25) is 0 Å². The van der Waals surface area contributed by atoms with Gasteiger partial charge in [0, 0.05) is 46.2 Å². The van der Waals surface area contributed by atoms with Crippen molar-refractivity contribution >= 4 is 0 Å². The third-order valence-corrected chi connectivity index (χ3v) is 5.06. The van der Waals surface area contributed by atoms with Gasteiger partial charge in [-0.1, -0.05) is 38.0 Å². The Morgan fingerprint density at radius 1 is 0.806 bits per heavy atom. The van der Waals surface area contributed by atoms with E-state index in [2.05, 4.69) is 22.1 Å². The van der Waals surface area contributed by atoms with E-state index >= 15 is 0 Å². The van der Waals surface area contributed by atoms with E-state index < -0.39 is 37.8 Å². The van der Waals surface area contributed by atoms with Gasteiger partial charge >= 0.3 is 0 Å². The summed E-state index contributed by atoms with van der Waals surface area (Å²) >= 11 is 0. The van der Waals surface area contributed by atoms with Crippen molar-refractivity contribution < 1.29 is 38.2 Å². The van der Waals surface area contributed by atoms with Gasteiger partial charge in [-0.05, 0) is 64.6 Å². The number of aryl methyl sites for hydroxylation is 1. The number of benzene rings is 3. The van der Waals surface area contributed by atoms with Gasteiger partial charge in [-0.25, -0.2) is 4.39 Å². The summed E-state index contributed by atoms with van der Waals surface area (Å²) in [5, 5.41) is 0. The zero-order valence-corrected chi connectivity index (χ0v) is 21.3. The van der Waals surface area contributed by atoms with Crippen LogP contribution < -0.4 is 0 Å². The molecule has 0 aliphatic rings. The molecular formula is C32H27FIrN2-2.